The fourth-order valence-corrected chi connectivity index (χ4v) is 7.56. The minimum absolute atomic E-state index is 0.0525. The van der Waals surface area contributed by atoms with Crippen LogP contribution in [-0.4, -0.2) is 84.2 Å². The molecular weight excluding hydrogens is 713 g/mol. The van der Waals surface area contributed by atoms with E-state index in [0.717, 1.165) is 49.2 Å². The third-order valence-corrected chi connectivity index (χ3v) is 10.6. The summed E-state index contributed by atoms with van der Waals surface area (Å²) < 4.78 is 17.5. The van der Waals surface area contributed by atoms with Crippen LogP contribution in [0, 0.1) is 5.92 Å². The van der Waals surface area contributed by atoms with Crippen LogP contribution in [0.1, 0.15) is 64.0 Å². The highest BCUT2D eigenvalue weighted by Gasteiger charge is 2.37. The minimum atomic E-state index is -0.845. The minimum Gasteiger partial charge on any atom is -0.506 e. The predicted octanol–water partition coefficient (Wildman–Crippen LogP) is 5.64. The van der Waals surface area contributed by atoms with Crippen molar-refractivity contribution in [3.05, 3.63) is 141 Å². The molecule has 5 aromatic rings. The summed E-state index contributed by atoms with van der Waals surface area (Å²) in [5, 5.41) is 27.8. The molecule has 3 aliphatic rings. The van der Waals surface area contributed by atoms with Crippen molar-refractivity contribution in [3.63, 3.8) is 0 Å². The van der Waals surface area contributed by atoms with Crippen LogP contribution >= 0.6 is 0 Å². The first-order valence-corrected chi connectivity index (χ1v) is 19.3. The summed E-state index contributed by atoms with van der Waals surface area (Å²) in [5.74, 6) is 0.601. The lowest BCUT2D eigenvalue weighted by Crippen LogP contribution is -2.52. The molecule has 8 rings (SSSR count). The summed E-state index contributed by atoms with van der Waals surface area (Å²) in [7, 11) is 0. The quantitative estimate of drug-likeness (QED) is 0.0629. The zero-order valence-electron chi connectivity index (χ0n) is 31.2. The zero-order chi connectivity index (χ0) is 38.9. The number of aliphatic hydroxyl groups is 1. The van der Waals surface area contributed by atoms with Gasteiger partial charge in [-0.05, 0) is 103 Å². The number of ether oxygens (including phenoxy) is 3. The van der Waals surface area contributed by atoms with Crippen LogP contribution in [-0.2, 0) is 15.9 Å². The number of carbonyl (C=O) groups excluding carboxylic acids is 2. The molecule has 12 heteroatoms. The van der Waals surface area contributed by atoms with Gasteiger partial charge in [0.05, 0.1) is 36.4 Å². The van der Waals surface area contributed by atoms with E-state index in [1.54, 1.807) is 24.3 Å². The molecule has 12 nitrogen and oxygen atoms in total. The normalized spacial score (nSPS) is 18.6. The molecule has 1 aromatic heterocycles. The number of aliphatic hydroxyl groups excluding tert-OH is 1. The monoisotopic (exact) mass is 760 g/mol. The Balaban J connectivity index is 0.833. The molecule has 292 valence electrons. The maximum atomic E-state index is 13.2. The van der Waals surface area contributed by atoms with Crippen LogP contribution in [0.5, 0.6) is 11.5 Å². The summed E-state index contributed by atoms with van der Waals surface area (Å²) in [5.41, 5.74) is 3.84. The lowest BCUT2D eigenvalue weighted by Gasteiger charge is -2.43. The van der Waals surface area contributed by atoms with Crippen molar-refractivity contribution in [2.24, 2.45) is 5.92 Å². The Kier molecular flexibility index (Phi) is 12.6. The molecular formula is C44H48N4O8. The van der Waals surface area contributed by atoms with Gasteiger partial charge >= 0.3 is 12.1 Å². The fourth-order valence-electron chi connectivity index (χ4n) is 7.56. The lowest BCUT2D eigenvalue weighted by molar-refractivity contribution is -0.0336. The van der Waals surface area contributed by atoms with E-state index in [-0.39, 0.29) is 30.6 Å². The van der Waals surface area contributed by atoms with Crippen molar-refractivity contribution in [2.45, 2.75) is 43.9 Å². The first-order valence-electron chi connectivity index (χ1n) is 19.3. The van der Waals surface area contributed by atoms with Gasteiger partial charge in [0.1, 0.15) is 17.6 Å². The number of nitrogens with zero attached hydrogens (tertiary/aromatic N) is 1. The summed E-state index contributed by atoms with van der Waals surface area (Å²) >= 11 is 0. The number of piperidine rings is 3. The number of nitrogens with one attached hydrogen (secondary N) is 3. The molecule has 0 saturated carbocycles. The molecule has 56 heavy (non-hydrogen) atoms. The fraction of sp³-hybridized carbons (Fsp3) is 0.341. The van der Waals surface area contributed by atoms with E-state index in [4.69, 9.17) is 14.2 Å². The summed E-state index contributed by atoms with van der Waals surface area (Å²) in [4.78, 5) is 42.5. The largest absolute Gasteiger partial charge is 0.506 e. The van der Waals surface area contributed by atoms with Gasteiger partial charge < -0.3 is 40.0 Å². The van der Waals surface area contributed by atoms with Gasteiger partial charge in [-0.3, -0.25) is 9.69 Å². The third-order valence-electron chi connectivity index (χ3n) is 10.6. The highest BCUT2D eigenvalue weighted by Crippen LogP contribution is 2.31. The number of alkyl carbamates (subject to hydrolysis) is 1. The molecule has 0 radical (unpaired) electrons. The number of carbonyl (C=O) groups is 2. The number of fused-ring (bicyclic) bond motifs is 4. The van der Waals surface area contributed by atoms with E-state index in [2.05, 4.69) is 20.5 Å². The number of aromatic hydroxyl groups is 1. The molecule has 1 unspecified atom stereocenters. The number of rotatable bonds is 16. The molecule has 0 spiro atoms. The van der Waals surface area contributed by atoms with Gasteiger partial charge in [-0.25, -0.2) is 9.59 Å². The number of phenols is 1. The first kappa shape index (κ1) is 38.6. The average molecular weight is 761 g/mol. The van der Waals surface area contributed by atoms with E-state index in [1.165, 1.54) is 12.1 Å². The van der Waals surface area contributed by atoms with Gasteiger partial charge in [0.25, 0.3) is 0 Å². The van der Waals surface area contributed by atoms with E-state index < -0.39 is 24.2 Å². The molecule has 5 N–H and O–H groups in total. The Bertz CT molecular complexity index is 2150. The number of aromatic amines is 1. The van der Waals surface area contributed by atoms with Gasteiger partial charge in [-0.1, -0.05) is 60.7 Å². The van der Waals surface area contributed by atoms with Crippen molar-refractivity contribution in [2.75, 3.05) is 45.9 Å². The number of esters is 1. The predicted molar refractivity (Wildman–Crippen MR) is 212 cm³/mol. The highest BCUT2D eigenvalue weighted by molar-refractivity contribution is 5.89. The van der Waals surface area contributed by atoms with Gasteiger partial charge in [0, 0.05) is 31.0 Å². The molecule has 2 bridgehead atoms. The number of hydrogen-bond acceptors (Lipinski definition) is 10. The number of phenolic OH excluding ortho intramolecular Hbond substituents is 1. The van der Waals surface area contributed by atoms with Gasteiger partial charge in [0.15, 0.2) is 0 Å². The second-order valence-electron chi connectivity index (χ2n) is 14.4. The summed E-state index contributed by atoms with van der Waals surface area (Å²) in [6, 6.07) is 30.3. The molecule has 4 aromatic carbocycles. The number of amides is 1. The number of pyridine rings is 1. The van der Waals surface area contributed by atoms with Gasteiger partial charge in [0.2, 0.25) is 5.56 Å². The number of H-pyrrole nitrogens is 1. The van der Waals surface area contributed by atoms with Crippen LogP contribution < -0.4 is 20.9 Å². The van der Waals surface area contributed by atoms with Crippen LogP contribution in [0.15, 0.2) is 108 Å². The Morgan fingerprint density at radius 3 is 2.45 bits per heavy atom. The van der Waals surface area contributed by atoms with E-state index in [9.17, 15) is 24.6 Å². The van der Waals surface area contributed by atoms with Crippen LogP contribution in [0.4, 0.5) is 4.79 Å². The van der Waals surface area contributed by atoms with Crippen LogP contribution in [0.25, 0.3) is 10.9 Å². The zero-order valence-corrected chi connectivity index (χ0v) is 31.2. The molecule has 4 heterocycles. The smallest absolute Gasteiger partial charge is 0.408 e. The molecule has 0 aliphatic carbocycles. The Labute approximate surface area is 325 Å². The molecule has 3 aliphatic heterocycles. The second-order valence-corrected chi connectivity index (χ2v) is 14.4. The van der Waals surface area contributed by atoms with Crippen molar-refractivity contribution in [1.29, 1.82) is 0 Å². The first-order chi connectivity index (χ1) is 27.3. The maximum absolute atomic E-state index is 13.2. The topological polar surface area (TPSA) is 162 Å². The summed E-state index contributed by atoms with van der Waals surface area (Å²) in [6.07, 6.45) is 1.95. The van der Waals surface area contributed by atoms with Crippen LogP contribution in [0.2, 0.25) is 0 Å². The van der Waals surface area contributed by atoms with Crippen LogP contribution in [0.3, 0.4) is 0 Å². The molecule has 1 amide bonds. The maximum Gasteiger partial charge on any atom is 0.408 e. The summed E-state index contributed by atoms with van der Waals surface area (Å²) in [6.45, 7) is 4.35. The molecule has 3 saturated heterocycles. The van der Waals surface area contributed by atoms with E-state index in [0.29, 0.717) is 59.7 Å². The SMILES string of the molecule is O=C(NC(c1ccccc1)c1cccc(OCCCOC(=O)c2ccc(CCNC[C@H](O)c3ccc(O)c4[nH]c(=O)ccc34)cc2)c1)O[C@@H]1CN2CCC1CC2. The molecule has 3 atom stereocenters. The lowest BCUT2D eigenvalue weighted by atomic mass is 9.86. The van der Waals surface area contributed by atoms with E-state index in [1.807, 2.05) is 66.7 Å². The Hall–Kier alpha value is -5.69. The highest BCUT2D eigenvalue weighted by atomic mass is 16.6. The Morgan fingerprint density at radius 2 is 1.68 bits per heavy atom. The number of aromatic nitrogens is 1. The van der Waals surface area contributed by atoms with Crippen molar-refractivity contribution < 1.29 is 34.0 Å². The molecule has 3 fully saturated rings. The number of hydrogen-bond donors (Lipinski definition) is 5. The van der Waals surface area contributed by atoms with Crippen molar-refractivity contribution >= 4 is 23.0 Å². The third kappa shape index (κ3) is 9.75. The van der Waals surface area contributed by atoms with Crippen molar-refractivity contribution in [3.8, 4) is 11.5 Å². The van der Waals surface area contributed by atoms with Crippen molar-refractivity contribution in [1.82, 2.24) is 20.5 Å². The van der Waals surface area contributed by atoms with Gasteiger partial charge in [-0.15, -0.1) is 0 Å². The Morgan fingerprint density at radius 1 is 0.893 bits per heavy atom. The second kappa shape index (κ2) is 18.3. The number of benzene rings is 4. The van der Waals surface area contributed by atoms with Gasteiger partial charge in [-0.2, -0.15) is 0 Å². The van der Waals surface area contributed by atoms with E-state index >= 15 is 0 Å². The average Bonchev–Trinajstić information content (AvgIpc) is 3.22. The standard InChI is InChI=1S/C44H48N4O8/c49-37-16-14-35(36-15-17-40(51)46-42(36)37)38(50)27-45-21-18-29-10-12-32(13-11-29)43(52)55-25-5-24-54-34-9-4-8-33(26-34)41(31-6-2-1-3-7-31)47-44(53)56-39-28-48-22-19-30(39)20-23-48/h1-4,6-17,26,30,38-39,41,45,49-50H,5,18-25,27-28H2,(H,46,51)(H,47,53)/t38-,39+,41?/m0/s1.